The van der Waals surface area contributed by atoms with Gasteiger partial charge in [-0.2, -0.15) is 0 Å². The summed E-state index contributed by atoms with van der Waals surface area (Å²) in [5, 5.41) is 0. The lowest BCUT2D eigenvalue weighted by Gasteiger charge is -2.06. The highest BCUT2D eigenvalue weighted by Crippen LogP contribution is 2.09. The number of aromatic nitrogens is 1. The summed E-state index contributed by atoms with van der Waals surface area (Å²) in [6.07, 6.45) is 3.19. The van der Waals surface area contributed by atoms with Crippen LogP contribution in [0.2, 0.25) is 0 Å². The topological polar surface area (TPSA) is 39.2 Å². The molecule has 86 valence electrons. The highest BCUT2D eigenvalue weighted by Gasteiger charge is 2.10. The Hall–Kier alpha value is -2.16. The lowest BCUT2D eigenvalue weighted by molar-refractivity contribution is 0.0471. The van der Waals surface area contributed by atoms with E-state index < -0.39 is 0 Å². The quantitative estimate of drug-likeness (QED) is 0.757. The Bertz CT molecular complexity index is 509. The molecule has 0 saturated carbocycles. The van der Waals surface area contributed by atoms with Gasteiger partial charge in [0.1, 0.15) is 6.61 Å². The average molecular weight is 227 g/mol. The molecule has 0 fully saturated rings. The van der Waals surface area contributed by atoms with Crippen molar-refractivity contribution in [2.45, 2.75) is 13.5 Å². The molecule has 17 heavy (non-hydrogen) atoms. The Balaban J connectivity index is 2.01. The maximum Gasteiger partial charge on any atom is 0.340 e. The molecular weight excluding hydrogens is 214 g/mol. The summed E-state index contributed by atoms with van der Waals surface area (Å²) in [5.74, 6) is -0.334. The van der Waals surface area contributed by atoms with Crippen molar-refractivity contribution in [3.05, 3.63) is 65.5 Å². The van der Waals surface area contributed by atoms with Crippen LogP contribution in [0.5, 0.6) is 0 Å². The Kier molecular flexibility index (Phi) is 3.50. The smallest absolute Gasteiger partial charge is 0.340 e. The van der Waals surface area contributed by atoms with Gasteiger partial charge in [-0.15, -0.1) is 0 Å². The first-order valence-electron chi connectivity index (χ1n) is 5.39. The van der Waals surface area contributed by atoms with E-state index in [2.05, 4.69) is 4.98 Å². The molecule has 1 aromatic heterocycles. The number of rotatable bonds is 3. The van der Waals surface area contributed by atoms with Crippen molar-refractivity contribution in [3.63, 3.8) is 0 Å². The summed E-state index contributed by atoms with van der Waals surface area (Å²) < 4.78 is 5.22. The molecule has 0 amide bonds. The van der Waals surface area contributed by atoms with E-state index >= 15 is 0 Å². The monoisotopic (exact) mass is 227 g/mol. The van der Waals surface area contributed by atoms with Crippen LogP contribution in [0.1, 0.15) is 21.5 Å². The zero-order chi connectivity index (χ0) is 12.1. The van der Waals surface area contributed by atoms with Crippen molar-refractivity contribution in [3.8, 4) is 0 Å². The van der Waals surface area contributed by atoms with Crippen molar-refractivity contribution in [1.82, 2.24) is 4.98 Å². The Labute approximate surface area is 100 Å². The van der Waals surface area contributed by atoms with Gasteiger partial charge in [0.05, 0.1) is 5.56 Å². The standard InChI is InChI=1S/C14H13NO2/c1-11-7-8-15-9-13(11)14(16)17-10-12-5-3-2-4-6-12/h2-9H,10H2,1H3. The first-order chi connectivity index (χ1) is 8.27. The number of hydrogen-bond donors (Lipinski definition) is 0. The van der Waals surface area contributed by atoms with Crippen LogP contribution in [-0.2, 0) is 11.3 Å². The van der Waals surface area contributed by atoms with Crippen LogP contribution in [0.4, 0.5) is 0 Å². The molecule has 0 saturated heterocycles. The molecule has 1 aromatic carbocycles. The third kappa shape index (κ3) is 2.91. The molecule has 0 aliphatic carbocycles. The van der Waals surface area contributed by atoms with Gasteiger partial charge in [0.15, 0.2) is 0 Å². The Morgan fingerprint density at radius 2 is 2.00 bits per heavy atom. The van der Waals surface area contributed by atoms with E-state index in [0.29, 0.717) is 5.56 Å². The van der Waals surface area contributed by atoms with E-state index in [1.807, 2.05) is 37.3 Å². The lowest BCUT2D eigenvalue weighted by Crippen LogP contribution is -2.07. The number of carbonyl (C=O) groups is 1. The minimum atomic E-state index is -0.334. The molecule has 0 aliphatic rings. The largest absolute Gasteiger partial charge is 0.457 e. The molecule has 2 rings (SSSR count). The van der Waals surface area contributed by atoms with Crippen LogP contribution in [0.25, 0.3) is 0 Å². The third-order valence-corrected chi connectivity index (χ3v) is 2.47. The number of pyridine rings is 1. The fourth-order valence-electron chi connectivity index (χ4n) is 1.48. The summed E-state index contributed by atoms with van der Waals surface area (Å²) >= 11 is 0. The van der Waals surface area contributed by atoms with Crippen molar-refractivity contribution in [2.24, 2.45) is 0 Å². The predicted molar refractivity (Wildman–Crippen MR) is 64.5 cm³/mol. The number of esters is 1. The average Bonchev–Trinajstić information content (AvgIpc) is 2.38. The van der Waals surface area contributed by atoms with E-state index in [1.165, 1.54) is 6.20 Å². The molecule has 1 heterocycles. The van der Waals surface area contributed by atoms with Gasteiger partial charge in [-0.1, -0.05) is 30.3 Å². The Morgan fingerprint density at radius 1 is 1.24 bits per heavy atom. The second-order valence-corrected chi connectivity index (χ2v) is 3.75. The summed E-state index contributed by atoms with van der Waals surface area (Å²) in [4.78, 5) is 15.7. The maximum atomic E-state index is 11.8. The first-order valence-corrected chi connectivity index (χ1v) is 5.39. The number of aryl methyl sites for hydroxylation is 1. The zero-order valence-electron chi connectivity index (χ0n) is 9.59. The van der Waals surface area contributed by atoms with Crippen LogP contribution >= 0.6 is 0 Å². The molecule has 0 spiro atoms. The molecule has 0 unspecified atom stereocenters. The number of nitrogens with zero attached hydrogens (tertiary/aromatic N) is 1. The van der Waals surface area contributed by atoms with Gasteiger partial charge in [-0.05, 0) is 24.1 Å². The maximum absolute atomic E-state index is 11.8. The predicted octanol–water partition coefficient (Wildman–Crippen LogP) is 2.75. The van der Waals surface area contributed by atoms with E-state index in [0.717, 1.165) is 11.1 Å². The van der Waals surface area contributed by atoms with Gasteiger partial charge >= 0.3 is 5.97 Å². The molecule has 0 N–H and O–H groups in total. The summed E-state index contributed by atoms with van der Waals surface area (Å²) in [7, 11) is 0. The van der Waals surface area contributed by atoms with E-state index in [1.54, 1.807) is 12.3 Å². The summed E-state index contributed by atoms with van der Waals surface area (Å²) in [6.45, 7) is 2.15. The fraction of sp³-hybridized carbons (Fsp3) is 0.143. The van der Waals surface area contributed by atoms with Crippen LogP contribution < -0.4 is 0 Å². The van der Waals surface area contributed by atoms with Gasteiger partial charge in [-0.25, -0.2) is 4.79 Å². The van der Waals surface area contributed by atoms with Crippen LogP contribution in [0.3, 0.4) is 0 Å². The minimum Gasteiger partial charge on any atom is -0.457 e. The zero-order valence-corrected chi connectivity index (χ0v) is 9.59. The fourth-order valence-corrected chi connectivity index (χ4v) is 1.48. The van der Waals surface area contributed by atoms with Crippen LogP contribution in [0.15, 0.2) is 48.8 Å². The number of benzene rings is 1. The lowest BCUT2D eigenvalue weighted by atomic mass is 10.2. The highest BCUT2D eigenvalue weighted by molar-refractivity contribution is 5.90. The van der Waals surface area contributed by atoms with Crippen molar-refractivity contribution in [2.75, 3.05) is 0 Å². The number of carbonyl (C=O) groups excluding carboxylic acids is 1. The van der Waals surface area contributed by atoms with Crippen LogP contribution in [0, 0.1) is 6.92 Å². The van der Waals surface area contributed by atoms with Gasteiger partial charge in [0, 0.05) is 12.4 Å². The second-order valence-electron chi connectivity index (χ2n) is 3.75. The molecule has 3 heteroatoms. The molecule has 0 aliphatic heterocycles. The van der Waals surface area contributed by atoms with Gasteiger partial charge < -0.3 is 4.74 Å². The van der Waals surface area contributed by atoms with Crippen molar-refractivity contribution >= 4 is 5.97 Å². The van der Waals surface area contributed by atoms with Gasteiger partial charge in [0.2, 0.25) is 0 Å². The third-order valence-electron chi connectivity index (χ3n) is 2.47. The molecule has 0 radical (unpaired) electrons. The van der Waals surface area contributed by atoms with Gasteiger partial charge in [0.25, 0.3) is 0 Å². The molecular formula is C14H13NO2. The first kappa shape index (κ1) is 11.3. The van der Waals surface area contributed by atoms with Crippen molar-refractivity contribution in [1.29, 1.82) is 0 Å². The summed E-state index contributed by atoms with van der Waals surface area (Å²) in [5.41, 5.74) is 2.36. The number of ether oxygens (including phenoxy) is 1. The minimum absolute atomic E-state index is 0.286. The molecule has 3 nitrogen and oxygen atoms in total. The SMILES string of the molecule is Cc1ccncc1C(=O)OCc1ccccc1. The van der Waals surface area contributed by atoms with E-state index in [4.69, 9.17) is 4.74 Å². The molecule has 2 aromatic rings. The van der Waals surface area contributed by atoms with Crippen LogP contribution in [-0.4, -0.2) is 11.0 Å². The number of hydrogen-bond acceptors (Lipinski definition) is 3. The Morgan fingerprint density at radius 3 is 2.71 bits per heavy atom. The normalized spacial score (nSPS) is 9.94. The van der Waals surface area contributed by atoms with Crippen molar-refractivity contribution < 1.29 is 9.53 Å². The molecule has 0 bridgehead atoms. The van der Waals surface area contributed by atoms with Gasteiger partial charge in [-0.3, -0.25) is 4.98 Å². The van der Waals surface area contributed by atoms with E-state index in [9.17, 15) is 4.79 Å². The second kappa shape index (κ2) is 5.25. The summed E-state index contributed by atoms with van der Waals surface area (Å²) in [6, 6.07) is 11.4. The van der Waals surface area contributed by atoms with E-state index in [-0.39, 0.29) is 12.6 Å². The molecule has 0 atom stereocenters. The highest BCUT2D eigenvalue weighted by atomic mass is 16.5.